The second-order valence-corrected chi connectivity index (χ2v) is 5.01. The fourth-order valence-electron chi connectivity index (χ4n) is 1.45. The first-order valence-corrected chi connectivity index (χ1v) is 5.91. The maximum atomic E-state index is 5.66. The van der Waals surface area contributed by atoms with Gasteiger partial charge in [0.25, 0.3) is 0 Å². The van der Waals surface area contributed by atoms with Crippen molar-refractivity contribution in [3.63, 3.8) is 0 Å². The molecule has 2 nitrogen and oxygen atoms in total. The molecule has 0 aromatic heterocycles. The van der Waals surface area contributed by atoms with Crippen molar-refractivity contribution >= 4 is 0 Å². The van der Waals surface area contributed by atoms with Gasteiger partial charge in [-0.05, 0) is 23.1 Å². The molecule has 0 bridgehead atoms. The van der Waals surface area contributed by atoms with Crippen LogP contribution in [-0.2, 0) is 5.41 Å². The van der Waals surface area contributed by atoms with Gasteiger partial charge in [-0.25, -0.2) is 0 Å². The van der Waals surface area contributed by atoms with Crippen molar-refractivity contribution in [1.29, 1.82) is 0 Å². The zero-order chi connectivity index (χ0) is 12.7. The molecule has 1 N–H and O–H groups in total. The Morgan fingerprint density at radius 1 is 1.35 bits per heavy atom. The molecule has 0 spiro atoms. The predicted molar refractivity (Wildman–Crippen MR) is 72.3 cm³/mol. The normalized spacial score (nSPS) is 10.9. The van der Waals surface area contributed by atoms with Gasteiger partial charge >= 0.3 is 0 Å². The van der Waals surface area contributed by atoms with E-state index >= 15 is 0 Å². The third-order valence-corrected chi connectivity index (χ3v) is 2.47. The second-order valence-electron chi connectivity index (χ2n) is 5.01. The van der Waals surface area contributed by atoms with Gasteiger partial charge in [0.05, 0.1) is 6.54 Å². The van der Waals surface area contributed by atoms with E-state index in [0.29, 0.717) is 13.2 Å². The van der Waals surface area contributed by atoms with E-state index < -0.39 is 0 Å². The van der Waals surface area contributed by atoms with Gasteiger partial charge in [-0.2, -0.15) is 0 Å². The molecule has 1 rings (SSSR count). The summed E-state index contributed by atoms with van der Waals surface area (Å²) in [7, 11) is 0. The van der Waals surface area contributed by atoms with Crippen molar-refractivity contribution in [3.8, 4) is 18.1 Å². The largest absolute Gasteiger partial charge is 0.492 e. The second kappa shape index (κ2) is 6.32. The Balaban J connectivity index is 2.47. The Morgan fingerprint density at radius 2 is 2.12 bits per heavy atom. The molecule has 0 fully saturated rings. The molecular weight excluding hydrogens is 210 g/mol. The number of benzene rings is 1. The van der Waals surface area contributed by atoms with Crippen molar-refractivity contribution < 1.29 is 4.74 Å². The Labute approximate surface area is 104 Å². The highest BCUT2D eigenvalue weighted by molar-refractivity contribution is 5.32. The highest BCUT2D eigenvalue weighted by Gasteiger charge is 2.13. The molecule has 0 amide bonds. The van der Waals surface area contributed by atoms with Crippen LogP contribution in [0.15, 0.2) is 24.3 Å². The van der Waals surface area contributed by atoms with Crippen molar-refractivity contribution in [2.45, 2.75) is 26.2 Å². The Kier molecular flexibility index (Phi) is 5.06. The van der Waals surface area contributed by atoms with Gasteiger partial charge in [-0.15, -0.1) is 6.42 Å². The van der Waals surface area contributed by atoms with E-state index in [1.165, 1.54) is 5.56 Å². The molecule has 1 aromatic carbocycles. The van der Waals surface area contributed by atoms with Crippen LogP contribution in [0.25, 0.3) is 0 Å². The van der Waals surface area contributed by atoms with Gasteiger partial charge in [0.2, 0.25) is 0 Å². The number of nitrogens with one attached hydrogen (secondary N) is 1. The minimum atomic E-state index is 0.154. The lowest BCUT2D eigenvalue weighted by molar-refractivity contribution is 0.316. The summed E-state index contributed by atoms with van der Waals surface area (Å²) < 4.78 is 5.66. The first-order valence-electron chi connectivity index (χ1n) is 5.91. The maximum absolute atomic E-state index is 5.66. The third kappa shape index (κ3) is 4.93. The average molecular weight is 231 g/mol. The van der Waals surface area contributed by atoms with E-state index in [2.05, 4.69) is 44.1 Å². The summed E-state index contributed by atoms with van der Waals surface area (Å²) in [5.74, 6) is 3.45. The van der Waals surface area contributed by atoms with Gasteiger partial charge in [0, 0.05) is 6.54 Å². The average Bonchev–Trinajstić information content (AvgIpc) is 2.28. The van der Waals surface area contributed by atoms with Crippen LogP contribution in [0.3, 0.4) is 0 Å². The van der Waals surface area contributed by atoms with Crippen LogP contribution in [0.4, 0.5) is 0 Å². The van der Waals surface area contributed by atoms with Crippen molar-refractivity contribution in [2.75, 3.05) is 19.7 Å². The molecule has 0 heterocycles. The quantitative estimate of drug-likeness (QED) is 0.621. The lowest BCUT2D eigenvalue weighted by Crippen LogP contribution is -2.21. The first kappa shape index (κ1) is 13.6. The lowest BCUT2D eigenvalue weighted by atomic mass is 9.87. The van der Waals surface area contributed by atoms with Gasteiger partial charge in [-0.3, -0.25) is 0 Å². The molecule has 0 atom stereocenters. The van der Waals surface area contributed by atoms with Crippen molar-refractivity contribution in [3.05, 3.63) is 29.8 Å². The topological polar surface area (TPSA) is 21.3 Å². The lowest BCUT2D eigenvalue weighted by Gasteiger charge is -2.19. The molecule has 92 valence electrons. The van der Waals surface area contributed by atoms with Crippen molar-refractivity contribution in [2.24, 2.45) is 0 Å². The Morgan fingerprint density at radius 3 is 2.76 bits per heavy atom. The van der Waals surface area contributed by atoms with Gasteiger partial charge in [0.15, 0.2) is 0 Å². The highest BCUT2D eigenvalue weighted by atomic mass is 16.5. The van der Waals surface area contributed by atoms with E-state index in [9.17, 15) is 0 Å². The molecule has 1 aromatic rings. The molecular formula is C15H21NO. The summed E-state index contributed by atoms with van der Waals surface area (Å²) in [5, 5.41) is 3.09. The van der Waals surface area contributed by atoms with E-state index in [4.69, 9.17) is 11.2 Å². The van der Waals surface area contributed by atoms with Gasteiger partial charge in [-0.1, -0.05) is 38.8 Å². The molecule has 17 heavy (non-hydrogen) atoms. The van der Waals surface area contributed by atoms with Crippen LogP contribution < -0.4 is 10.1 Å². The fraction of sp³-hybridized carbons (Fsp3) is 0.467. The first-order chi connectivity index (χ1) is 8.04. The number of terminal acetylenes is 1. The van der Waals surface area contributed by atoms with Crippen molar-refractivity contribution in [1.82, 2.24) is 5.32 Å². The minimum Gasteiger partial charge on any atom is -0.492 e. The van der Waals surface area contributed by atoms with Gasteiger partial charge in [0.1, 0.15) is 12.4 Å². The summed E-state index contributed by atoms with van der Waals surface area (Å²) in [4.78, 5) is 0. The number of ether oxygens (including phenoxy) is 1. The molecule has 0 aliphatic rings. The van der Waals surface area contributed by atoms with Crippen LogP contribution >= 0.6 is 0 Å². The standard InChI is InChI=1S/C15H21NO/c1-5-9-16-10-11-17-14-8-6-7-13(12-14)15(2,3)4/h1,6-8,12,16H,9-11H2,2-4H3. The highest BCUT2D eigenvalue weighted by Crippen LogP contribution is 2.25. The molecule has 0 saturated carbocycles. The van der Waals surface area contributed by atoms with E-state index in [1.807, 2.05) is 12.1 Å². The summed E-state index contributed by atoms with van der Waals surface area (Å²) >= 11 is 0. The summed E-state index contributed by atoms with van der Waals surface area (Å²) in [6, 6.07) is 8.24. The SMILES string of the molecule is C#CCNCCOc1cccc(C(C)(C)C)c1. The monoisotopic (exact) mass is 231 g/mol. The maximum Gasteiger partial charge on any atom is 0.119 e. The van der Waals surface area contributed by atoms with Crippen LogP contribution in [-0.4, -0.2) is 19.7 Å². The zero-order valence-corrected chi connectivity index (χ0v) is 10.9. The van der Waals surface area contributed by atoms with Crippen LogP contribution in [0.5, 0.6) is 5.75 Å². The minimum absolute atomic E-state index is 0.154. The number of rotatable bonds is 5. The zero-order valence-electron chi connectivity index (χ0n) is 10.9. The van der Waals surface area contributed by atoms with Crippen LogP contribution in [0.1, 0.15) is 26.3 Å². The summed E-state index contributed by atoms with van der Waals surface area (Å²) in [6.45, 7) is 8.58. The van der Waals surface area contributed by atoms with E-state index in [1.54, 1.807) is 0 Å². The molecule has 0 aliphatic heterocycles. The van der Waals surface area contributed by atoms with Crippen LogP contribution in [0.2, 0.25) is 0 Å². The molecule has 0 radical (unpaired) electrons. The predicted octanol–water partition coefficient (Wildman–Crippen LogP) is 2.59. The molecule has 2 heteroatoms. The summed E-state index contributed by atoms with van der Waals surface area (Å²) in [6.07, 6.45) is 5.14. The van der Waals surface area contributed by atoms with Gasteiger partial charge < -0.3 is 10.1 Å². The Hall–Kier alpha value is -1.46. The van der Waals surface area contributed by atoms with Crippen LogP contribution in [0, 0.1) is 12.3 Å². The summed E-state index contributed by atoms with van der Waals surface area (Å²) in [5.41, 5.74) is 1.44. The number of hydrogen-bond donors (Lipinski definition) is 1. The fourth-order valence-corrected chi connectivity index (χ4v) is 1.45. The van der Waals surface area contributed by atoms with E-state index in [0.717, 1.165) is 12.3 Å². The smallest absolute Gasteiger partial charge is 0.119 e. The molecule has 0 aliphatic carbocycles. The number of hydrogen-bond acceptors (Lipinski definition) is 2. The Bertz CT molecular complexity index is 385. The van der Waals surface area contributed by atoms with E-state index in [-0.39, 0.29) is 5.41 Å². The molecule has 0 unspecified atom stereocenters. The third-order valence-electron chi connectivity index (χ3n) is 2.47. The molecule has 0 saturated heterocycles.